The Kier molecular flexibility index (Phi) is 3.07. The first kappa shape index (κ1) is 11.9. The highest BCUT2D eigenvalue weighted by Gasteiger charge is 2.60. The highest BCUT2D eigenvalue weighted by molar-refractivity contribution is 5.80. The molecule has 0 bridgehead atoms. The zero-order chi connectivity index (χ0) is 12.5. The predicted molar refractivity (Wildman–Crippen MR) is 61.9 cm³/mol. The Morgan fingerprint density at radius 2 is 2.18 bits per heavy atom. The van der Waals surface area contributed by atoms with Crippen LogP contribution >= 0.6 is 0 Å². The lowest BCUT2D eigenvalue weighted by Crippen LogP contribution is -2.19. The fourth-order valence-electron chi connectivity index (χ4n) is 1.96. The second kappa shape index (κ2) is 4.37. The van der Waals surface area contributed by atoms with Crippen LogP contribution in [-0.4, -0.2) is 25.8 Å². The minimum Gasteiger partial charge on any atom is -0.496 e. The standard InChI is InChI=1S/C13H16O4/c1-4-16-12(14)11-13(2,17-11)9-7-5-6-8-10(9)15-3/h5-8,11H,4H2,1-3H3. The summed E-state index contributed by atoms with van der Waals surface area (Å²) >= 11 is 0. The average molecular weight is 236 g/mol. The molecule has 2 unspecified atom stereocenters. The highest BCUT2D eigenvalue weighted by atomic mass is 16.7. The smallest absolute Gasteiger partial charge is 0.338 e. The first-order valence-electron chi connectivity index (χ1n) is 5.61. The summed E-state index contributed by atoms with van der Waals surface area (Å²) in [6.07, 6.45) is -0.529. The minimum absolute atomic E-state index is 0.319. The van der Waals surface area contributed by atoms with Gasteiger partial charge in [0.15, 0.2) is 6.10 Å². The molecular formula is C13H16O4. The summed E-state index contributed by atoms with van der Waals surface area (Å²) in [6, 6.07) is 7.53. The molecule has 0 spiro atoms. The van der Waals surface area contributed by atoms with E-state index in [0.717, 1.165) is 11.3 Å². The highest BCUT2D eigenvalue weighted by Crippen LogP contribution is 2.49. The number of ether oxygens (including phenoxy) is 3. The Labute approximate surface area is 100 Å². The van der Waals surface area contributed by atoms with Crippen LogP contribution in [0, 0.1) is 0 Å². The van der Waals surface area contributed by atoms with Gasteiger partial charge in [0, 0.05) is 5.56 Å². The molecule has 92 valence electrons. The van der Waals surface area contributed by atoms with Crippen molar-refractivity contribution in [1.29, 1.82) is 0 Å². The van der Waals surface area contributed by atoms with E-state index in [0.29, 0.717) is 6.61 Å². The van der Waals surface area contributed by atoms with E-state index in [1.807, 2.05) is 31.2 Å². The third-order valence-electron chi connectivity index (χ3n) is 2.95. The normalized spacial score (nSPS) is 26.4. The van der Waals surface area contributed by atoms with Crippen LogP contribution in [-0.2, 0) is 19.9 Å². The monoisotopic (exact) mass is 236 g/mol. The summed E-state index contributed by atoms with van der Waals surface area (Å²) in [5, 5.41) is 0. The van der Waals surface area contributed by atoms with Crippen molar-refractivity contribution < 1.29 is 19.0 Å². The number of hydrogen-bond donors (Lipinski definition) is 0. The van der Waals surface area contributed by atoms with E-state index in [-0.39, 0.29) is 5.97 Å². The van der Waals surface area contributed by atoms with Gasteiger partial charge in [-0.25, -0.2) is 4.79 Å². The van der Waals surface area contributed by atoms with E-state index in [1.165, 1.54) is 0 Å². The lowest BCUT2D eigenvalue weighted by atomic mass is 9.96. The number of para-hydroxylation sites is 1. The topological polar surface area (TPSA) is 48.1 Å². The van der Waals surface area contributed by atoms with E-state index in [2.05, 4.69) is 0 Å². The molecule has 4 nitrogen and oxygen atoms in total. The van der Waals surface area contributed by atoms with Gasteiger partial charge in [-0.3, -0.25) is 0 Å². The summed E-state index contributed by atoms with van der Waals surface area (Å²) in [6.45, 7) is 4.01. The van der Waals surface area contributed by atoms with Gasteiger partial charge in [-0.05, 0) is 19.9 Å². The first-order chi connectivity index (χ1) is 8.13. The van der Waals surface area contributed by atoms with Gasteiger partial charge in [0.2, 0.25) is 0 Å². The van der Waals surface area contributed by atoms with Crippen LogP contribution in [0.15, 0.2) is 24.3 Å². The number of benzene rings is 1. The number of epoxide rings is 1. The van der Waals surface area contributed by atoms with Crippen molar-refractivity contribution >= 4 is 5.97 Å². The zero-order valence-electron chi connectivity index (χ0n) is 10.2. The molecule has 1 heterocycles. The van der Waals surface area contributed by atoms with E-state index in [4.69, 9.17) is 14.2 Å². The second-order valence-electron chi connectivity index (χ2n) is 4.06. The lowest BCUT2D eigenvalue weighted by Gasteiger charge is -2.11. The van der Waals surface area contributed by atoms with Crippen molar-refractivity contribution in [3.63, 3.8) is 0 Å². The maximum Gasteiger partial charge on any atom is 0.338 e. The lowest BCUT2D eigenvalue weighted by molar-refractivity contribution is -0.144. The third-order valence-corrected chi connectivity index (χ3v) is 2.95. The van der Waals surface area contributed by atoms with Crippen LogP contribution in [0.2, 0.25) is 0 Å². The molecule has 2 rings (SSSR count). The Morgan fingerprint density at radius 3 is 2.82 bits per heavy atom. The molecule has 1 fully saturated rings. The van der Waals surface area contributed by atoms with Gasteiger partial charge in [0.25, 0.3) is 0 Å². The summed E-state index contributed by atoms with van der Waals surface area (Å²) in [7, 11) is 1.60. The molecule has 0 amide bonds. The summed E-state index contributed by atoms with van der Waals surface area (Å²) in [5.74, 6) is 0.405. The molecule has 0 saturated carbocycles. The molecule has 0 aromatic heterocycles. The van der Waals surface area contributed by atoms with E-state index in [1.54, 1.807) is 14.0 Å². The summed E-state index contributed by atoms with van der Waals surface area (Å²) in [5.41, 5.74) is 0.249. The van der Waals surface area contributed by atoms with Crippen LogP contribution in [0.4, 0.5) is 0 Å². The van der Waals surface area contributed by atoms with Gasteiger partial charge in [0.1, 0.15) is 11.4 Å². The fourth-order valence-corrected chi connectivity index (χ4v) is 1.96. The Morgan fingerprint density at radius 1 is 1.47 bits per heavy atom. The maximum atomic E-state index is 11.6. The molecule has 1 aromatic rings. The molecule has 2 atom stereocenters. The Balaban J connectivity index is 2.21. The maximum absolute atomic E-state index is 11.6. The second-order valence-corrected chi connectivity index (χ2v) is 4.06. The van der Waals surface area contributed by atoms with E-state index >= 15 is 0 Å². The van der Waals surface area contributed by atoms with Gasteiger partial charge in [-0.15, -0.1) is 0 Å². The quantitative estimate of drug-likeness (QED) is 0.591. The summed E-state index contributed by atoms with van der Waals surface area (Å²) in [4.78, 5) is 11.6. The predicted octanol–water partition coefficient (Wildman–Crippen LogP) is 1.87. The van der Waals surface area contributed by atoms with Crippen molar-refractivity contribution in [3.8, 4) is 5.75 Å². The first-order valence-corrected chi connectivity index (χ1v) is 5.61. The molecule has 0 aliphatic carbocycles. The Bertz CT molecular complexity index is 429. The number of methoxy groups -OCH3 is 1. The molecule has 1 aromatic carbocycles. The molecule has 1 aliphatic heterocycles. The van der Waals surface area contributed by atoms with Crippen LogP contribution in [0.5, 0.6) is 5.75 Å². The third kappa shape index (κ3) is 2.00. The molecule has 17 heavy (non-hydrogen) atoms. The zero-order valence-corrected chi connectivity index (χ0v) is 10.2. The van der Waals surface area contributed by atoms with Crippen LogP contribution < -0.4 is 4.74 Å². The summed E-state index contributed by atoms with van der Waals surface area (Å²) < 4.78 is 15.7. The molecular weight excluding hydrogens is 220 g/mol. The molecule has 1 aliphatic rings. The van der Waals surface area contributed by atoms with Crippen molar-refractivity contribution in [2.45, 2.75) is 25.6 Å². The molecule has 0 N–H and O–H groups in total. The Hall–Kier alpha value is -1.55. The number of carbonyl (C=O) groups excluding carboxylic acids is 1. The van der Waals surface area contributed by atoms with Crippen molar-refractivity contribution in [3.05, 3.63) is 29.8 Å². The van der Waals surface area contributed by atoms with Crippen molar-refractivity contribution in [2.24, 2.45) is 0 Å². The largest absolute Gasteiger partial charge is 0.496 e. The number of esters is 1. The van der Waals surface area contributed by atoms with E-state index in [9.17, 15) is 4.79 Å². The minimum atomic E-state index is -0.626. The average Bonchev–Trinajstić information content (AvgIpc) is 3.03. The molecule has 0 radical (unpaired) electrons. The van der Waals surface area contributed by atoms with Gasteiger partial charge in [-0.2, -0.15) is 0 Å². The molecule has 4 heteroatoms. The van der Waals surface area contributed by atoms with Crippen LogP contribution in [0.1, 0.15) is 19.4 Å². The van der Waals surface area contributed by atoms with E-state index < -0.39 is 11.7 Å². The van der Waals surface area contributed by atoms with Crippen LogP contribution in [0.25, 0.3) is 0 Å². The van der Waals surface area contributed by atoms with Crippen molar-refractivity contribution in [2.75, 3.05) is 13.7 Å². The number of rotatable bonds is 4. The number of carbonyl (C=O) groups is 1. The van der Waals surface area contributed by atoms with Gasteiger partial charge in [-0.1, -0.05) is 18.2 Å². The van der Waals surface area contributed by atoms with Gasteiger partial charge >= 0.3 is 5.97 Å². The fraction of sp³-hybridized carbons (Fsp3) is 0.462. The van der Waals surface area contributed by atoms with Crippen LogP contribution in [0.3, 0.4) is 0 Å². The number of hydrogen-bond acceptors (Lipinski definition) is 4. The molecule has 1 saturated heterocycles. The van der Waals surface area contributed by atoms with Gasteiger partial charge < -0.3 is 14.2 Å². The SMILES string of the molecule is CCOC(=O)C1OC1(C)c1ccccc1OC. The van der Waals surface area contributed by atoms with Gasteiger partial charge in [0.05, 0.1) is 13.7 Å². The van der Waals surface area contributed by atoms with Crippen molar-refractivity contribution in [1.82, 2.24) is 0 Å².